The lowest BCUT2D eigenvalue weighted by Crippen LogP contribution is -2.01. The third kappa shape index (κ3) is 1.29. The molecular weight excluding hydrogens is 126 g/mol. The van der Waals surface area contributed by atoms with Crippen molar-refractivity contribution in [1.29, 1.82) is 0 Å². The highest BCUT2D eigenvalue weighted by molar-refractivity contribution is 5.23. The second-order valence-electron chi connectivity index (χ2n) is 2.19. The number of nitrogens with one attached hydrogen (secondary N) is 1. The molecule has 0 atom stereocenters. The first-order valence-electron chi connectivity index (χ1n) is 3.57. The van der Waals surface area contributed by atoms with Gasteiger partial charge in [0, 0.05) is 26.0 Å². The number of imidazole rings is 1. The Bertz CT molecular complexity index is 192. The minimum absolute atomic E-state index is 0.946. The summed E-state index contributed by atoms with van der Waals surface area (Å²) in [6, 6.07) is 0. The van der Waals surface area contributed by atoms with Crippen LogP contribution in [0, 0.1) is 0 Å². The Morgan fingerprint density at radius 3 is 3.10 bits per heavy atom. The SMILES string of the molecule is CCCn1ccnc1NC. The Hall–Kier alpha value is -0.990. The third-order valence-corrected chi connectivity index (χ3v) is 1.40. The van der Waals surface area contributed by atoms with Gasteiger partial charge in [-0.1, -0.05) is 6.92 Å². The van der Waals surface area contributed by atoms with Crippen LogP contribution in [0.3, 0.4) is 0 Å². The lowest BCUT2D eigenvalue weighted by Gasteiger charge is -2.03. The van der Waals surface area contributed by atoms with E-state index in [9.17, 15) is 0 Å². The highest BCUT2D eigenvalue weighted by atomic mass is 15.2. The fourth-order valence-corrected chi connectivity index (χ4v) is 0.959. The van der Waals surface area contributed by atoms with Gasteiger partial charge in [0.2, 0.25) is 5.95 Å². The number of aryl methyl sites for hydroxylation is 1. The van der Waals surface area contributed by atoms with Gasteiger partial charge in [0.1, 0.15) is 0 Å². The lowest BCUT2D eigenvalue weighted by atomic mass is 10.5. The molecule has 1 heterocycles. The number of rotatable bonds is 3. The number of hydrogen-bond acceptors (Lipinski definition) is 2. The van der Waals surface area contributed by atoms with Crippen LogP contribution in [-0.2, 0) is 6.54 Å². The van der Waals surface area contributed by atoms with E-state index in [4.69, 9.17) is 0 Å². The summed E-state index contributed by atoms with van der Waals surface area (Å²) < 4.78 is 2.10. The first-order valence-corrected chi connectivity index (χ1v) is 3.57. The minimum atomic E-state index is 0.946. The molecule has 0 amide bonds. The Morgan fingerprint density at radius 2 is 2.50 bits per heavy atom. The zero-order chi connectivity index (χ0) is 7.40. The summed E-state index contributed by atoms with van der Waals surface area (Å²) in [4.78, 5) is 4.11. The van der Waals surface area contributed by atoms with Gasteiger partial charge in [-0.15, -0.1) is 0 Å². The van der Waals surface area contributed by atoms with E-state index >= 15 is 0 Å². The molecule has 0 saturated carbocycles. The van der Waals surface area contributed by atoms with Gasteiger partial charge in [-0.3, -0.25) is 0 Å². The van der Waals surface area contributed by atoms with E-state index in [0.29, 0.717) is 0 Å². The number of aromatic nitrogens is 2. The van der Waals surface area contributed by atoms with Gasteiger partial charge in [-0.25, -0.2) is 4.98 Å². The van der Waals surface area contributed by atoms with Crippen LogP contribution < -0.4 is 5.32 Å². The molecule has 1 N–H and O–H groups in total. The van der Waals surface area contributed by atoms with Crippen LogP contribution in [0.15, 0.2) is 12.4 Å². The fraction of sp³-hybridized carbons (Fsp3) is 0.571. The Kier molecular flexibility index (Phi) is 2.31. The van der Waals surface area contributed by atoms with Gasteiger partial charge in [0.05, 0.1) is 0 Å². The molecule has 0 fully saturated rings. The van der Waals surface area contributed by atoms with Gasteiger partial charge in [0.15, 0.2) is 0 Å². The number of nitrogens with zero attached hydrogens (tertiary/aromatic N) is 2. The second kappa shape index (κ2) is 3.25. The van der Waals surface area contributed by atoms with Crippen molar-refractivity contribution in [1.82, 2.24) is 9.55 Å². The molecule has 0 bridgehead atoms. The highest BCUT2D eigenvalue weighted by Gasteiger charge is 1.95. The monoisotopic (exact) mass is 139 g/mol. The van der Waals surface area contributed by atoms with E-state index in [1.54, 1.807) is 0 Å². The van der Waals surface area contributed by atoms with Crippen molar-refractivity contribution >= 4 is 5.95 Å². The standard InChI is InChI=1S/C7H13N3/c1-3-5-10-6-4-9-7(10)8-2/h4,6H,3,5H2,1-2H3,(H,8,9). The van der Waals surface area contributed by atoms with Crippen LogP contribution in [0.25, 0.3) is 0 Å². The van der Waals surface area contributed by atoms with Crippen LogP contribution in [0.5, 0.6) is 0 Å². The topological polar surface area (TPSA) is 29.9 Å². The van der Waals surface area contributed by atoms with Crippen LogP contribution in [-0.4, -0.2) is 16.6 Å². The molecule has 56 valence electrons. The molecule has 0 aliphatic carbocycles. The van der Waals surface area contributed by atoms with E-state index < -0.39 is 0 Å². The Labute approximate surface area is 61.1 Å². The third-order valence-electron chi connectivity index (χ3n) is 1.40. The summed E-state index contributed by atoms with van der Waals surface area (Å²) >= 11 is 0. The van der Waals surface area contributed by atoms with Gasteiger partial charge in [-0.2, -0.15) is 0 Å². The Morgan fingerprint density at radius 1 is 1.70 bits per heavy atom. The molecule has 3 heteroatoms. The minimum Gasteiger partial charge on any atom is -0.359 e. The van der Waals surface area contributed by atoms with E-state index in [1.165, 1.54) is 0 Å². The summed E-state index contributed by atoms with van der Waals surface area (Å²) in [5.74, 6) is 0.946. The molecule has 0 spiro atoms. The molecule has 0 saturated heterocycles. The van der Waals surface area contributed by atoms with Gasteiger partial charge in [-0.05, 0) is 6.42 Å². The first kappa shape index (κ1) is 7.12. The van der Waals surface area contributed by atoms with Crippen LogP contribution in [0.4, 0.5) is 5.95 Å². The molecule has 0 unspecified atom stereocenters. The average molecular weight is 139 g/mol. The first-order chi connectivity index (χ1) is 4.88. The van der Waals surface area contributed by atoms with Crippen LogP contribution in [0.2, 0.25) is 0 Å². The summed E-state index contributed by atoms with van der Waals surface area (Å²) in [6.07, 6.45) is 4.93. The van der Waals surface area contributed by atoms with E-state index in [1.807, 2.05) is 19.4 Å². The molecule has 0 aromatic carbocycles. The maximum atomic E-state index is 4.11. The Balaban J connectivity index is 2.70. The van der Waals surface area contributed by atoms with E-state index in [2.05, 4.69) is 21.8 Å². The summed E-state index contributed by atoms with van der Waals surface area (Å²) in [7, 11) is 1.88. The molecule has 0 aliphatic rings. The predicted octanol–water partition coefficient (Wildman–Crippen LogP) is 1.33. The molecule has 0 radical (unpaired) electrons. The summed E-state index contributed by atoms with van der Waals surface area (Å²) in [5.41, 5.74) is 0. The molecule has 1 aromatic heterocycles. The maximum Gasteiger partial charge on any atom is 0.202 e. The van der Waals surface area contributed by atoms with Crippen molar-refractivity contribution in [3.8, 4) is 0 Å². The van der Waals surface area contributed by atoms with Crippen molar-refractivity contribution in [3.05, 3.63) is 12.4 Å². The highest BCUT2D eigenvalue weighted by Crippen LogP contribution is 2.02. The molecule has 0 aliphatic heterocycles. The number of hydrogen-bond donors (Lipinski definition) is 1. The molecular formula is C7H13N3. The summed E-state index contributed by atoms with van der Waals surface area (Å²) in [5, 5.41) is 3.01. The van der Waals surface area contributed by atoms with E-state index in [0.717, 1.165) is 18.9 Å². The van der Waals surface area contributed by atoms with E-state index in [-0.39, 0.29) is 0 Å². The quantitative estimate of drug-likeness (QED) is 0.684. The van der Waals surface area contributed by atoms with Crippen molar-refractivity contribution in [2.24, 2.45) is 0 Å². The maximum absolute atomic E-state index is 4.11. The second-order valence-corrected chi connectivity index (χ2v) is 2.19. The normalized spacial score (nSPS) is 9.80. The van der Waals surface area contributed by atoms with Gasteiger partial charge in [0.25, 0.3) is 0 Å². The lowest BCUT2D eigenvalue weighted by molar-refractivity contribution is 0.685. The zero-order valence-corrected chi connectivity index (χ0v) is 6.46. The largest absolute Gasteiger partial charge is 0.359 e. The predicted molar refractivity (Wildman–Crippen MR) is 42.1 cm³/mol. The molecule has 3 nitrogen and oxygen atoms in total. The van der Waals surface area contributed by atoms with Crippen molar-refractivity contribution in [2.45, 2.75) is 19.9 Å². The average Bonchev–Trinajstić information content (AvgIpc) is 2.36. The van der Waals surface area contributed by atoms with Crippen LogP contribution in [0.1, 0.15) is 13.3 Å². The zero-order valence-electron chi connectivity index (χ0n) is 6.46. The summed E-state index contributed by atoms with van der Waals surface area (Å²) in [6.45, 7) is 3.19. The molecule has 10 heavy (non-hydrogen) atoms. The van der Waals surface area contributed by atoms with Crippen molar-refractivity contribution < 1.29 is 0 Å². The smallest absolute Gasteiger partial charge is 0.202 e. The van der Waals surface area contributed by atoms with Gasteiger partial charge >= 0.3 is 0 Å². The van der Waals surface area contributed by atoms with Gasteiger partial charge < -0.3 is 9.88 Å². The number of anilines is 1. The molecule has 1 rings (SSSR count). The van der Waals surface area contributed by atoms with Crippen molar-refractivity contribution in [2.75, 3.05) is 12.4 Å². The van der Waals surface area contributed by atoms with Crippen molar-refractivity contribution in [3.63, 3.8) is 0 Å². The fourth-order valence-electron chi connectivity index (χ4n) is 0.959. The van der Waals surface area contributed by atoms with Crippen LogP contribution >= 0.6 is 0 Å². The molecule has 1 aromatic rings.